The van der Waals surface area contributed by atoms with Crippen molar-refractivity contribution in [2.45, 2.75) is 19.4 Å². The lowest BCUT2D eigenvalue weighted by atomic mass is 9.99. The lowest BCUT2D eigenvalue weighted by Crippen LogP contribution is -2.40. The zero-order valence-electron chi connectivity index (χ0n) is 11.8. The van der Waals surface area contributed by atoms with E-state index in [1.807, 2.05) is 26.2 Å². The molecule has 0 spiro atoms. The molecule has 0 saturated carbocycles. The molecule has 2 N–H and O–H groups in total. The average molecular weight is 261 g/mol. The summed E-state index contributed by atoms with van der Waals surface area (Å²) in [5, 5.41) is 6.31. The molecule has 2 rings (SSSR count). The first-order chi connectivity index (χ1) is 9.16. The average Bonchev–Trinajstić information content (AvgIpc) is 2.46. The number of amides is 1. The van der Waals surface area contributed by atoms with Crippen LogP contribution in [0.4, 0.5) is 5.69 Å². The van der Waals surface area contributed by atoms with Crippen molar-refractivity contribution in [3.8, 4) is 0 Å². The number of hydrogen-bond donors (Lipinski definition) is 2. The Morgan fingerprint density at radius 2 is 2.32 bits per heavy atom. The third-order valence-corrected chi connectivity index (χ3v) is 3.56. The van der Waals surface area contributed by atoms with Crippen molar-refractivity contribution in [2.24, 2.45) is 5.92 Å². The molecule has 1 aromatic carbocycles. The monoisotopic (exact) mass is 261 g/mol. The summed E-state index contributed by atoms with van der Waals surface area (Å²) >= 11 is 0. The Balaban J connectivity index is 1.87. The number of nitrogens with zero attached hydrogens (tertiary/aromatic N) is 1. The van der Waals surface area contributed by atoms with E-state index in [9.17, 15) is 4.79 Å². The third kappa shape index (κ3) is 3.96. The Morgan fingerprint density at radius 3 is 3.00 bits per heavy atom. The van der Waals surface area contributed by atoms with Gasteiger partial charge in [-0.3, -0.25) is 4.79 Å². The van der Waals surface area contributed by atoms with E-state index in [-0.39, 0.29) is 11.8 Å². The largest absolute Gasteiger partial charge is 0.378 e. The fourth-order valence-corrected chi connectivity index (χ4v) is 2.35. The standard InChI is InChI=1S/C15H23N3O/c1-18(2)14-7-3-5-12(9-14)10-17-15(19)13-6-4-8-16-11-13/h3,5,7,9,13,16H,4,6,8,10-11H2,1-2H3,(H,17,19). The first-order valence-corrected chi connectivity index (χ1v) is 6.91. The topological polar surface area (TPSA) is 44.4 Å². The molecule has 4 heteroatoms. The van der Waals surface area contributed by atoms with Gasteiger partial charge in [0.25, 0.3) is 0 Å². The molecule has 0 aromatic heterocycles. The van der Waals surface area contributed by atoms with Gasteiger partial charge >= 0.3 is 0 Å². The lowest BCUT2D eigenvalue weighted by molar-refractivity contribution is -0.125. The van der Waals surface area contributed by atoms with E-state index in [2.05, 4.69) is 27.7 Å². The van der Waals surface area contributed by atoms with Gasteiger partial charge in [0.15, 0.2) is 0 Å². The third-order valence-electron chi connectivity index (χ3n) is 3.56. The minimum atomic E-state index is 0.130. The minimum Gasteiger partial charge on any atom is -0.378 e. The quantitative estimate of drug-likeness (QED) is 0.860. The predicted octanol–water partition coefficient (Wildman–Crippen LogP) is 1.37. The second kappa shape index (κ2) is 6.57. The highest BCUT2D eigenvalue weighted by Gasteiger charge is 2.20. The summed E-state index contributed by atoms with van der Waals surface area (Å²) in [6.07, 6.45) is 2.09. The smallest absolute Gasteiger partial charge is 0.224 e. The molecule has 1 amide bonds. The molecule has 1 unspecified atom stereocenters. The van der Waals surface area contributed by atoms with Crippen LogP contribution in [0.1, 0.15) is 18.4 Å². The summed E-state index contributed by atoms with van der Waals surface area (Å²) in [6.45, 7) is 2.45. The normalized spacial score (nSPS) is 18.9. The zero-order chi connectivity index (χ0) is 13.7. The summed E-state index contributed by atoms with van der Waals surface area (Å²) < 4.78 is 0. The summed E-state index contributed by atoms with van der Waals surface area (Å²) in [7, 11) is 4.04. The zero-order valence-corrected chi connectivity index (χ0v) is 11.8. The Hall–Kier alpha value is -1.55. The summed E-state index contributed by atoms with van der Waals surface area (Å²) in [5.74, 6) is 0.299. The SMILES string of the molecule is CN(C)c1cccc(CNC(=O)C2CCCNC2)c1. The Labute approximate surface area is 115 Å². The number of piperidine rings is 1. The Kier molecular flexibility index (Phi) is 4.80. The van der Waals surface area contributed by atoms with Gasteiger partial charge in [0.05, 0.1) is 5.92 Å². The fraction of sp³-hybridized carbons (Fsp3) is 0.533. The molecule has 104 valence electrons. The highest BCUT2D eigenvalue weighted by molar-refractivity contribution is 5.79. The lowest BCUT2D eigenvalue weighted by Gasteiger charge is -2.22. The van der Waals surface area contributed by atoms with Crippen LogP contribution in [0, 0.1) is 5.92 Å². The van der Waals surface area contributed by atoms with Gasteiger partial charge in [-0.2, -0.15) is 0 Å². The minimum absolute atomic E-state index is 0.130. The highest BCUT2D eigenvalue weighted by atomic mass is 16.1. The van der Waals surface area contributed by atoms with Crippen LogP contribution in [0.2, 0.25) is 0 Å². The van der Waals surface area contributed by atoms with Gasteiger partial charge in [0.1, 0.15) is 0 Å². The molecule has 1 heterocycles. The maximum atomic E-state index is 12.0. The molecule has 0 aliphatic carbocycles. The number of anilines is 1. The molecule has 1 aliphatic rings. The van der Waals surface area contributed by atoms with Crippen LogP contribution in [0.5, 0.6) is 0 Å². The van der Waals surface area contributed by atoms with E-state index in [1.54, 1.807) is 0 Å². The molecule has 1 aromatic rings. The maximum Gasteiger partial charge on any atom is 0.224 e. The Bertz CT molecular complexity index is 425. The number of carbonyl (C=O) groups is 1. The second-order valence-corrected chi connectivity index (χ2v) is 5.33. The van der Waals surface area contributed by atoms with Crippen molar-refractivity contribution in [3.63, 3.8) is 0 Å². The molecule has 19 heavy (non-hydrogen) atoms. The van der Waals surface area contributed by atoms with Gasteiger partial charge < -0.3 is 15.5 Å². The summed E-state index contributed by atoms with van der Waals surface area (Å²) in [6, 6.07) is 8.25. The number of hydrogen-bond acceptors (Lipinski definition) is 3. The summed E-state index contributed by atoms with van der Waals surface area (Å²) in [4.78, 5) is 14.1. The number of rotatable bonds is 4. The van der Waals surface area contributed by atoms with Gasteiger partial charge in [0.2, 0.25) is 5.91 Å². The van der Waals surface area contributed by atoms with Crippen molar-refractivity contribution in [3.05, 3.63) is 29.8 Å². The molecule has 1 saturated heterocycles. The van der Waals surface area contributed by atoms with Crippen molar-refractivity contribution in [1.82, 2.24) is 10.6 Å². The number of nitrogens with one attached hydrogen (secondary N) is 2. The first-order valence-electron chi connectivity index (χ1n) is 6.91. The molecule has 1 fully saturated rings. The molecule has 4 nitrogen and oxygen atoms in total. The van der Waals surface area contributed by atoms with Crippen LogP contribution in [0.15, 0.2) is 24.3 Å². The number of benzene rings is 1. The van der Waals surface area contributed by atoms with Gasteiger partial charge in [0, 0.05) is 32.9 Å². The van der Waals surface area contributed by atoms with E-state index in [0.29, 0.717) is 6.54 Å². The maximum absolute atomic E-state index is 12.0. The van der Waals surface area contributed by atoms with Gasteiger partial charge in [-0.1, -0.05) is 12.1 Å². The molecular weight excluding hydrogens is 238 g/mol. The van der Waals surface area contributed by atoms with E-state index in [1.165, 1.54) is 0 Å². The van der Waals surface area contributed by atoms with Crippen molar-refractivity contribution in [1.29, 1.82) is 0 Å². The molecule has 1 aliphatic heterocycles. The van der Waals surface area contributed by atoms with Crippen LogP contribution >= 0.6 is 0 Å². The van der Waals surface area contributed by atoms with Crippen LogP contribution in [0.25, 0.3) is 0 Å². The van der Waals surface area contributed by atoms with Crippen LogP contribution in [-0.4, -0.2) is 33.1 Å². The molecular formula is C15H23N3O. The first kappa shape index (κ1) is 13.9. The molecule has 0 bridgehead atoms. The van der Waals surface area contributed by atoms with E-state index in [0.717, 1.165) is 37.2 Å². The molecule has 1 atom stereocenters. The van der Waals surface area contributed by atoms with Gasteiger partial charge in [-0.15, -0.1) is 0 Å². The van der Waals surface area contributed by atoms with Crippen LogP contribution in [0.3, 0.4) is 0 Å². The summed E-state index contributed by atoms with van der Waals surface area (Å²) in [5.41, 5.74) is 2.30. The number of carbonyl (C=O) groups excluding carboxylic acids is 1. The van der Waals surface area contributed by atoms with E-state index >= 15 is 0 Å². The van der Waals surface area contributed by atoms with Crippen molar-refractivity contribution in [2.75, 3.05) is 32.1 Å². The van der Waals surface area contributed by atoms with Gasteiger partial charge in [-0.25, -0.2) is 0 Å². The second-order valence-electron chi connectivity index (χ2n) is 5.33. The Morgan fingerprint density at radius 1 is 1.47 bits per heavy atom. The van der Waals surface area contributed by atoms with Crippen molar-refractivity contribution >= 4 is 11.6 Å². The van der Waals surface area contributed by atoms with E-state index < -0.39 is 0 Å². The highest BCUT2D eigenvalue weighted by Crippen LogP contribution is 2.14. The molecule has 0 radical (unpaired) electrons. The van der Waals surface area contributed by atoms with Crippen LogP contribution in [-0.2, 0) is 11.3 Å². The van der Waals surface area contributed by atoms with Crippen molar-refractivity contribution < 1.29 is 4.79 Å². The van der Waals surface area contributed by atoms with E-state index in [4.69, 9.17) is 0 Å². The predicted molar refractivity (Wildman–Crippen MR) is 78.2 cm³/mol. The van der Waals surface area contributed by atoms with Crippen LogP contribution < -0.4 is 15.5 Å². The van der Waals surface area contributed by atoms with Gasteiger partial charge in [-0.05, 0) is 37.1 Å². The fourth-order valence-electron chi connectivity index (χ4n) is 2.35.